The quantitative estimate of drug-likeness (QED) is 0.774. The highest BCUT2D eigenvalue weighted by molar-refractivity contribution is 7.11. The lowest BCUT2D eigenvalue weighted by Gasteiger charge is -2.04. The minimum Gasteiger partial charge on any atom is -0.485 e. The second-order valence-electron chi connectivity index (χ2n) is 2.93. The van der Waals surface area contributed by atoms with Crippen molar-refractivity contribution in [1.29, 1.82) is 0 Å². The predicted octanol–water partition coefficient (Wildman–Crippen LogP) is 3.08. The number of hydrogen-bond donors (Lipinski definition) is 0. The fraction of sp³-hybridized carbons (Fsp3) is 0.200. The molecule has 0 aromatic carbocycles. The molecule has 0 aliphatic rings. The Labute approximate surface area is 96.7 Å². The number of aryl methyl sites for hydroxylation is 1. The summed E-state index contributed by atoms with van der Waals surface area (Å²) in [4.78, 5) is 9.14. The summed E-state index contributed by atoms with van der Waals surface area (Å²) >= 11 is 7.46. The molecule has 5 heteroatoms. The summed E-state index contributed by atoms with van der Waals surface area (Å²) in [6.07, 6.45) is 3.44. The van der Waals surface area contributed by atoms with Crippen molar-refractivity contribution in [3.05, 3.63) is 39.6 Å². The lowest BCUT2D eigenvalue weighted by atomic mass is 10.4. The molecule has 0 unspecified atom stereocenters. The molecular weight excluding hydrogens is 232 g/mol. The number of thiazole rings is 1. The third-order valence-corrected chi connectivity index (χ3v) is 2.93. The van der Waals surface area contributed by atoms with E-state index in [1.165, 1.54) is 0 Å². The molecule has 2 aromatic heterocycles. The molecule has 2 rings (SSSR count). The Hall–Kier alpha value is -1.13. The van der Waals surface area contributed by atoms with Crippen LogP contribution in [0, 0.1) is 6.92 Å². The maximum absolute atomic E-state index is 5.85. The van der Waals surface area contributed by atoms with E-state index in [1.54, 1.807) is 29.7 Å². The van der Waals surface area contributed by atoms with Crippen molar-refractivity contribution in [1.82, 2.24) is 9.97 Å². The topological polar surface area (TPSA) is 35.0 Å². The summed E-state index contributed by atoms with van der Waals surface area (Å²) in [7, 11) is 0. The van der Waals surface area contributed by atoms with Gasteiger partial charge in [-0.3, -0.25) is 0 Å². The molecule has 0 N–H and O–H groups in total. The number of aromatic nitrogens is 2. The molecule has 0 atom stereocenters. The zero-order chi connectivity index (χ0) is 10.7. The van der Waals surface area contributed by atoms with E-state index in [2.05, 4.69) is 9.97 Å². The Bertz CT molecular complexity index is 458. The number of ether oxygens (including phenoxy) is 1. The van der Waals surface area contributed by atoms with E-state index in [0.717, 1.165) is 9.88 Å². The number of hydrogen-bond acceptors (Lipinski definition) is 4. The van der Waals surface area contributed by atoms with Gasteiger partial charge in [0, 0.05) is 12.4 Å². The molecule has 15 heavy (non-hydrogen) atoms. The maximum atomic E-state index is 5.85. The van der Waals surface area contributed by atoms with Crippen molar-refractivity contribution in [2.24, 2.45) is 0 Å². The molecule has 0 saturated heterocycles. The first kappa shape index (κ1) is 10.4. The summed E-state index contributed by atoms with van der Waals surface area (Å²) in [5, 5.41) is 1.42. The summed E-state index contributed by atoms with van der Waals surface area (Å²) in [6, 6.07) is 3.59. The smallest absolute Gasteiger partial charge is 0.171 e. The molecule has 0 fully saturated rings. The summed E-state index contributed by atoms with van der Waals surface area (Å²) in [5.41, 5.74) is 0. The fourth-order valence-electron chi connectivity index (χ4n) is 1.10. The van der Waals surface area contributed by atoms with Gasteiger partial charge in [-0.05, 0) is 19.1 Å². The first-order valence-electron chi connectivity index (χ1n) is 4.40. The van der Waals surface area contributed by atoms with Crippen LogP contribution in [0.4, 0.5) is 0 Å². The van der Waals surface area contributed by atoms with Crippen LogP contribution in [-0.2, 0) is 6.61 Å². The largest absolute Gasteiger partial charge is 0.485 e. The monoisotopic (exact) mass is 240 g/mol. The van der Waals surface area contributed by atoms with Gasteiger partial charge in [-0.2, -0.15) is 0 Å². The van der Waals surface area contributed by atoms with Crippen LogP contribution in [0.3, 0.4) is 0 Å². The second kappa shape index (κ2) is 4.59. The van der Waals surface area contributed by atoms with Crippen LogP contribution in [0.15, 0.2) is 24.5 Å². The van der Waals surface area contributed by atoms with E-state index in [9.17, 15) is 0 Å². The van der Waals surface area contributed by atoms with Gasteiger partial charge in [0.15, 0.2) is 10.9 Å². The third-order valence-electron chi connectivity index (χ3n) is 1.76. The Morgan fingerprint density at radius 1 is 1.47 bits per heavy atom. The van der Waals surface area contributed by atoms with Gasteiger partial charge in [-0.25, -0.2) is 9.97 Å². The van der Waals surface area contributed by atoms with Gasteiger partial charge in [-0.15, -0.1) is 11.3 Å². The van der Waals surface area contributed by atoms with Crippen LogP contribution in [0.2, 0.25) is 5.15 Å². The van der Waals surface area contributed by atoms with Crippen molar-refractivity contribution in [2.45, 2.75) is 13.5 Å². The van der Waals surface area contributed by atoms with Gasteiger partial charge in [-0.1, -0.05) is 11.6 Å². The van der Waals surface area contributed by atoms with E-state index in [4.69, 9.17) is 16.3 Å². The van der Waals surface area contributed by atoms with Crippen molar-refractivity contribution in [2.75, 3.05) is 0 Å². The summed E-state index contributed by atoms with van der Waals surface area (Å²) in [5.74, 6) is 0.602. The highest BCUT2D eigenvalue weighted by Gasteiger charge is 2.03. The van der Waals surface area contributed by atoms with Crippen LogP contribution >= 0.6 is 22.9 Å². The molecule has 0 radical (unpaired) electrons. The molecule has 2 heterocycles. The standard InChI is InChI=1S/C10H9ClN2OS/c1-7-13-5-8(15-7)6-14-9-3-2-4-12-10(9)11/h2-5H,6H2,1H3. The summed E-state index contributed by atoms with van der Waals surface area (Å²) < 4.78 is 5.51. The minimum atomic E-state index is 0.388. The summed E-state index contributed by atoms with van der Waals surface area (Å²) in [6.45, 7) is 2.45. The Balaban J connectivity index is 2.02. The minimum absolute atomic E-state index is 0.388. The molecule has 2 aromatic rings. The van der Waals surface area contributed by atoms with Crippen LogP contribution in [-0.4, -0.2) is 9.97 Å². The molecule has 0 spiro atoms. The molecule has 0 bridgehead atoms. The molecule has 0 amide bonds. The SMILES string of the molecule is Cc1ncc(COc2cccnc2Cl)s1. The number of halogens is 1. The van der Waals surface area contributed by atoms with Crippen LogP contribution in [0.1, 0.15) is 9.88 Å². The van der Waals surface area contributed by atoms with Crippen LogP contribution in [0.25, 0.3) is 0 Å². The Morgan fingerprint density at radius 3 is 3.00 bits per heavy atom. The van der Waals surface area contributed by atoms with E-state index in [-0.39, 0.29) is 0 Å². The zero-order valence-electron chi connectivity index (χ0n) is 8.11. The van der Waals surface area contributed by atoms with Gasteiger partial charge in [0.2, 0.25) is 0 Å². The zero-order valence-corrected chi connectivity index (χ0v) is 9.68. The fourth-order valence-corrected chi connectivity index (χ4v) is 1.98. The van der Waals surface area contributed by atoms with Gasteiger partial charge in [0.25, 0.3) is 0 Å². The first-order valence-corrected chi connectivity index (χ1v) is 5.60. The predicted molar refractivity (Wildman–Crippen MR) is 60.4 cm³/mol. The molecule has 78 valence electrons. The maximum Gasteiger partial charge on any atom is 0.171 e. The van der Waals surface area contributed by atoms with Gasteiger partial charge >= 0.3 is 0 Å². The Kier molecular flexibility index (Phi) is 3.18. The highest BCUT2D eigenvalue weighted by atomic mass is 35.5. The van der Waals surface area contributed by atoms with Gasteiger partial charge < -0.3 is 4.74 Å². The van der Waals surface area contributed by atoms with Crippen molar-refractivity contribution >= 4 is 22.9 Å². The average Bonchev–Trinajstić information content (AvgIpc) is 2.63. The number of nitrogens with zero attached hydrogens (tertiary/aromatic N) is 2. The van der Waals surface area contributed by atoms with Crippen LogP contribution < -0.4 is 4.74 Å². The lowest BCUT2D eigenvalue weighted by molar-refractivity contribution is 0.308. The van der Waals surface area contributed by atoms with Crippen molar-refractivity contribution < 1.29 is 4.74 Å². The van der Waals surface area contributed by atoms with Crippen molar-refractivity contribution in [3.8, 4) is 5.75 Å². The van der Waals surface area contributed by atoms with Gasteiger partial charge in [0.1, 0.15) is 6.61 Å². The first-order chi connectivity index (χ1) is 7.25. The van der Waals surface area contributed by atoms with Crippen molar-refractivity contribution in [3.63, 3.8) is 0 Å². The molecule has 0 aliphatic carbocycles. The normalized spacial score (nSPS) is 10.3. The number of pyridine rings is 1. The van der Waals surface area contributed by atoms with E-state index >= 15 is 0 Å². The molecule has 0 aliphatic heterocycles. The van der Waals surface area contributed by atoms with Crippen LogP contribution in [0.5, 0.6) is 5.75 Å². The van der Waals surface area contributed by atoms with E-state index in [1.807, 2.05) is 13.1 Å². The lowest BCUT2D eigenvalue weighted by Crippen LogP contribution is -1.94. The second-order valence-corrected chi connectivity index (χ2v) is 4.60. The molecule has 0 saturated carbocycles. The van der Waals surface area contributed by atoms with E-state index in [0.29, 0.717) is 17.5 Å². The Morgan fingerprint density at radius 2 is 2.33 bits per heavy atom. The number of rotatable bonds is 3. The molecular formula is C10H9ClN2OS. The van der Waals surface area contributed by atoms with E-state index < -0.39 is 0 Å². The average molecular weight is 241 g/mol. The third kappa shape index (κ3) is 2.67. The highest BCUT2D eigenvalue weighted by Crippen LogP contribution is 2.22. The van der Waals surface area contributed by atoms with Gasteiger partial charge in [0.05, 0.1) is 9.88 Å². The molecule has 3 nitrogen and oxygen atoms in total.